The molecule has 188 valence electrons. The second kappa shape index (κ2) is 13.3. The molecule has 5 nitrogen and oxygen atoms in total. The van der Waals surface area contributed by atoms with Crippen LogP contribution in [0.2, 0.25) is 0 Å². The molecule has 0 unspecified atom stereocenters. The zero-order chi connectivity index (χ0) is 25.1. The lowest BCUT2D eigenvalue weighted by atomic mass is 9.90. The molecule has 1 N–H and O–H groups in total. The van der Waals surface area contributed by atoms with Gasteiger partial charge in [-0.3, -0.25) is 9.59 Å². The Labute approximate surface area is 198 Å². The summed E-state index contributed by atoms with van der Waals surface area (Å²) in [6.07, 6.45) is 4.88. The van der Waals surface area contributed by atoms with Crippen molar-refractivity contribution in [3.8, 4) is 5.75 Å². The highest BCUT2D eigenvalue weighted by Gasteiger charge is 2.39. The molecule has 34 heavy (non-hydrogen) atoms. The number of benzene rings is 1. The first-order chi connectivity index (χ1) is 16.1. The van der Waals surface area contributed by atoms with Crippen molar-refractivity contribution in [3.05, 3.63) is 54.1 Å². The molecular formula is C26H33F3O5. The third-order valence-corrected chi connectivity index (χ3v) is 5.48. The van der Waals surface area contributed by atoms with E-state index in [0.717, 1.165) is 12.1 Å². The van der Waals surface area contributed by atoms with E-state index in [2.05, 4.69) is 0 Å². The number of aliphatic hydroxyl groups excluding tert-OH is 1. The zero-order valence-corrected chi connectivity index (χ0v) is 19.6. The molecule has 1 aliphatic carbocycles. The van der Waals surface area contributed by atoms with Crippen molar-refractivity contribution < 1.29 is 37.3 Å². The quantitative estimate of drug-likeness (QED) is 0.236. The van der Waals surface area contributed by atoms with Crippen molar-refractivity contribution in [1.29, 1.82) is 0 Å². The first kappa shape index (κ1) is 27.6. The monoisotopic (exact) mass is 482 g/mol. The number of Topliss-reactive ketones (excluding diaryl/α,β-unsaturated/α-hetero) is 1. The van der Waals surface area contributed by atoms with E-state index in [4.69, 9.17) is 9.47 Å². The summed E-state index contributed by atoms with van der Waals surface area (Å²) in [6, 6.07) is 4.71. The van der Waals surface area contributed by atoms with Crippen LogP contribution in [-0.4, -0.2) is 35.7 Å². The number of carbonyl (C=O) groups excluding carboxylic acids is 2. The fraction of sp³-hybridized carbons (Fsp3) is 0.538. The van der Waals surface area contributed by atoms with E-state index in [0.29, 0.717) is 32.1 Å². The number of hydrogen-bond donors (Lipinski definition) is 1. The number of halogens is 3. The standard InChI is InChI=1S/C26H33F3O5/c1-18(2)34-25(32)14-6-4-3-5-12-21-22(24(31)17-23(21)30)13-7-8-15-33-20-11-9-10-19(16-20)26(27,28)29/h3,5,7,9-11,13,16,18,21-22,24,31H,4,6,8,12,14-15,17H2,1-2H3/b5-3-,13-7+/t21-,22-,24-/m1/s1. The second-order valence-electron chi connectivity index (χ2n) is 8.65. The molecular weight excluding hydrogens is 449 g/mol. The number of allylic oxidation sites excluding steroid dienone is 2. The highest BCUT2D eigenvalue weighted by atomic mass is 19.4. The number of esters is 1. The summed E-state index contributed by atoms with van der Waals surface area (Å²) in [5, 5.41) is 10.3. The molecule has 3 atom stereocenters. The Morgan fingerprint density at radius 2 is 1.97 bits per heavy atom. The van der Waals surface area contributed by atoms with Crippen molar-refractivity contribution in [2.45, 2.75) is 70.8 Å². The van der Waals surface area contributed by atoms with Gasteiger partial charge in [-0.1, -0.05) is 30.4 Å². The van der Waals surface area contributed by atoms with Crippen molar-refractivity contribution in [2.24, 2.45) is 11.8 Å². The van der Waals surface area contributed by atoms with Gasteiger partial charge in [0.05, 0.1) is 24.4 Å². The van der Waals surface area contributed by atoms with Crippen LogP contribution in [-0.2, 0) is 20.5 Å². The van der Waals surface area contributed by atoms with Gasteiger partial charge < -0.3 is 14.6 Å². The maximum atomic E-state index is 12.8. The molecule has 1 aromatic rings. The van der Waals surface area contributed by atoms with Gasteiger partial charge in [0.15, 0.2) is 0 Å². The van der Waals surface area contributed by atoms with E-state index >= 15 is 0 Å². The molecule has 0 heterocycles. The molecule has 0 saturated heterocycles. The number of aliphatic hydroxyl groups is 1. The highest BCUT2D eigenvalue weighted by molar-refractivity contribution is 5.84. The summed E-state index contributed by atoms with van der Waals surface area (Å²) >= 11 is 0. The Hall–Kier alpha value is -2.61. The largest absolute Gasteiger partial charge is 0.493 e. The van der Waals surface area contributed by atoms with Gasteiger partial charge in [0, 0.05) is 24.7 Å². The van der Waals surface area contributed by atoms with Gasteiger partial charge in [0.1, 0.15) is 11.5 Å². The number of ketones is 1. The Morgan fingerprint density at radius 3 is 2.68 bits per heavy atom. The third kappa shape index (κ3) is 9.33. The van der Waals surface area contributed by atoms with E-state index in [1.807, 2.05) is 12.2 Å². The minimum absolute atomic E-state index is 0.00697. The molecule has 0 aromatic heterocycles. The summed E-state index contributed by atoms with van der Waals surface area (Å²) in [4.78, 5) is 23.8. The van der Waals surface area contributed by atoms with Crippen LogP contribution in [0.25, 0.3) is 0 Å². The molecule has 0 amide bonds. The lowest BCUT2D eigenvalue weighted by Crippen LogP contribution is -2.18. The minimum Gasteiger partial charge on any atom is -0.493 e. The van der Waals surface area contributed by atoms with Crippen LogP contribution in [0.15, 0.2) is 48.6 Å². The Balaban J connectivity index is 1.77. The van der Waals surface area contributed by atoms with Crippen LogP contribution in [0, 0.1) is 11.8 Å². The summed E-state index contributed by atoms with van der Waals surface area (Å²) in [5.74, 6) is -0.712. The molecule has 0 aliphatic heterocycles. The van der Waals surface area contributed by atoms with Crippen LogP contribution in [0.4, 0.5) is 13.2 Å². The van der Waals surface area contributed by atoms with E-state index in [-0.39, 0.29) is 48.5 Å². The van der Waals surface area contributed by atoms with E-state index in [1.54, 1.807) is 26.0 Å². The van der Waals surface area contributed by atoms with Crippen molar-refractivity contribution in [1.82, 2.24) is 0 Å². The lowest BCUT2D eigenvalue weighted by Gasteiger charge is -2.16. The molecule has 8 heteroatoms. The van der Waals surface area contributed by atoms with Gasteiger partial charge in [0.25, 0.3) is 0 Å². The smallest absolute Gasteiger partial charge is 0.416 e. The van der Waals surface area contributed by atoms with Gasteiger partial charge in [-0.25, -0.2) is 0 Å². The minimum atomic E-state index is -4.42. The summed E-state index contributed by atoms with van der Waals surface area (Å²) in [7, 11) is 0. The summed E-state index contributed by atoms with van der Waals surface area (Å²) in [5.41, 5.74) is -0.764. The number of alkyl halides is 3. The first-order valence-electron chi connectivity index (χ1n) is 11.6. The average Bonchev–Trinajstić information content (AvgIpc) is 3.01. The van der Waals surface area contributed by atoms with Crippen LogP contribution in [0.1, 0.15) is 57.9 Å². The number of rotatable bonds is 12. The zero-order valence-electron chi connectivity index (χ0n) is 19.6. The van der Waals surface area contributed by atoms with Gasteiger partial charge >= 0.3 is 12.1 Å². The van der Waals surface area contributed by atoms with Gasteiger partial charge in [-0.15, -0.1) is 0 Å². The number of ether oxygens (including phenoxy) is 2. The van der Waals surface area contributed by atoms with Crippen LogP contribution < -0.4 is 4.74 Å². The highest BCUT2D eigenvalue weighted by Crippen LogP contribution is 2.34. The maximum Gasteiger partial charge on any atom is 0.416 e. The van der Waals surface area contributed by atoms with Gasteiger partial charge in [0.2, 0.25) is 0 Å². The molecule has 2 rings (SSSR count). The lowest BCUT2D eigenvalue weighted by molar-refractivity contribution is -0.147. The average molecular weight is 483 g/mol. The SMILES string of the molecule is CC(C)OC(=O)CCC/C=C\C[C@H]1C(=O)C[C@@H](O)[C@@H]1/C=C/CCOc1cccc(C(F)(F)F)c1. The predicted molar refractivity (Wildman–Crippen MR) is 122 cm³/mol. The van der Waals surface area contributed by atoms with Crippen LogP contribution in [0.3, 0.4) is 0 Å². The van der Waals surface area contributed by atoms with Gasteiger partial charge in [-0.05, 0) is 57.7 Å². The second-order valence-corrected chi connectivity index (χ2v) is 8.65. The number of hydrogen-bond acceptors (Lipinski definition) is 5. The van der Waals surface area contributed by atoms with Crippen molar-refractivity contribution in [2.75, 3.05) is 6.61 Å². The molecule has 1 aromatic carbocycles. The number of unbranched alkanes of at least 4 members (excludes halogenated alkanes) is 1. The topological polar surface area (TPSA) is 72.8 Å². The normalized spacial score (nSPS) is 21.1. The molecule has 1 aliphatic rings. The predicted octanol–water partition coefficient (Wildman–Crippen LogP) is 5.66. The fourth-order valence-electron chi connectivity index (χ4n) is 3.83. The van der Waals surface area contributed by atoms with Gasteiger partial charge in [-0.2, -0.15) is 13.2 Å². The molecule has 1 saturated carbocycles. The fourth-order valence-corrected chi connectivity index (χ4v) is 3.83. The molecule has 0 radical (unpaired) electrons. The molecule has 0 bridgehead atoms. The van der Waals surface area contributed by atoms with Crippen molar-refractivity contribution in [3.63, 3.8) is 0 Å². The van der Waals surface area contributed by atoms with Crippen LogP contribution in [0.5, 0.6) is 5.75 Å². The molecule has 0 spiro atoms. The summed E-state index contributed by atoms with van der Waals surface area (Å²) in [6.45, 7) is 3.79. The number of carbonyl (C=O) groups is 2. The third-order valence-electron chi connectivity index (χ3n) is 5.48. The van der Waals surface area contributed by atoms with Crippen LogP contribution >= 0.6 is 0 Å². The van der Waals surface area contributed by atoms with E-state index < -0.39 is 17.8 Å². The van der Waals surface area contributed by atoms with E-state index in [9.17, 15) is 27.9 Å². The first-order valence-corrected chi connectivity index (χ1v) is 11.6. The summed E-state index contributed by atoms with van der Waals surface area (Å²) < 4.78 is 48.8. The van der Waals surface area contributed by atoms with Crippen molar-refractivity contribution >= 4 is 11.8 Å². The Bertz CT molecular complexity index is 860. The maximum absolute atomic E-state index is 12.8. The van der Waals surface area contributed by atoms with E-state index in [1.165, 1.54) is 12.1 Å². The molecule has 1 fully saturated rings. The Morgan fingerprint density at radius 1 is 1.21 bits per heavy atom. The Kier molecular flexibility index (Phi) is 10.8.